The zero-order valence-electron chi connectivity index (χ0n) is 8.61. The van der Waals surface area contributed by atoms with Crippen LogP contribution in [-0.2, 0) is 13.6 Å². The summed E-state index contributed by atoms with van der Waals surface area (Å²) >= 11 is 9.37. The monoisotopic (exact) mass is 300 g/mol. The van der Waals surface area contributed by atoms with Crippen LogP contribution in [0.2, 0.25) is 5.02 Å². The van der Waals surface area contributed by atoms with Crippen LogP contribution in [0.1, 0.15) is 5.82 Å². The Bertz CT molecular complexity index is 503. The summed E-state index contributed by atoms with van der Waals surface area (Å²) in [6.07, 6.45) is 0. The van der Waals surface area contributed by atoms with Gasteiger partial charge < -0.3 is 10.3 Å². The fraction of sp³-hybridized carbons (Fsp3) is 0.200. The van der Waals surface area contributed by atoms with Crippen molar-refractivity contribution in [1.82, 2.24) is 14.8 Å². The summed E-state index contributed by atoms with van der Waals surface area (Å²) in [5, 5.41) is 8.75. The third kappa shape index (κ3) is 2.11. The lowest BCUT2D eigenvalue weighted by molar-refractivity contribution is 0.797. The highest BCUT2D eigenvalue weighted by molar-refractivity contribution is 9.10. The van der Waals surface area contributed by atoms with Gasteiger partial charge in [0.2, 0.25) is 0 Å². The lowest BCUT2D eigenvalue weighted by atomic mass is 10.2. The normalized spacial score (nSPS) is 10.8. The summed E-state index contributed by atoms with van der Waals surface area (Å²) in [6, 6.07) is 5.61. The Kier molecular flexibility index (Phi) is 3.28. The van der Waals surface area contributed by atoms with Crippen LogP contribution in [0.4, 0.5) is 0 Å². The summed E-state index contributed by atoms with van der Waals surface area (Å²) in [6.45, 7) is 0.366. The van der Waals surface area contributed by atoms with Gasteiger partial charge >= 0.3 is 0 Å². The van der Waals surface area contributed by atoms with Crippen LogP contribution in [0.3, 0.4) is 0 Å². The van der Waals surface area contributed by atoms with Gasteiger partial charge in [-0.05, 0) is 18.2 Å². The first-order valence-electron chi connectivity index (χ1n) is 4.66. The fourth-order valence-electron chi connectivity index (χ4n) is 1.47. The predicted octanol–water partition coefficient (Wildman–Crippen LogP) is 2.36. The molecule has 0 aliphatic carbocycles. The Labute approximate surface area is 107 Å². The molecule has 0 aliphatic rings. The summed E-state index contributed by atoms with van der Waals surface area (Å²) in [7, 11) is 1.88. The molecule has 0 radical (unpaired) electrons. The van der Waals surface area contributed by atoms with Gasteiger partial charge in [-0.25, -0.2) is 0 Å². The third-order valence-corrected chi connectivity index (χ3v) is 2.94. The molecule has 84 valence electrons. The van der Waals surface area contributed by atoms with Crippen LogP contribution >= 0.6 is 27.5 Å². The summed E-state index contributed by atoms with van der Waals surface area (Å²) in [5.41, 5.74) is 6.45. The van der Waals surface area contributed by atoms with Gasteiger partial charge in [0.15, 0.2) is 5.82 Å². The smallest absolute Gasteiger partial charge is 0.163 e. The van der Waals surface area contributed by atoms with Crippen LogP contribution in [-0.4, -0.2) is 14.8 Å². The van der Waals surface area contributed by atoms with Crippen molar-refractivity contribution in [2.45, 2.75) is 6.54 Å². The van der Waals surface area contributed by atoms with Gasteiger partial charge in [0, 0.05) is 22.1 Å². The Balaban J connectivity index is 2.54. The molecule has 2 aromatic rings. The van der Waals surface area contributed by atoms with E-state index >= 15 is 0 Å². The minimum atomic E-state index is 0.366. The van der Waals surface area contributed by atoms with Crippen molar-refractivity contribution in [3.05, 3.63) is 33.5 Å². The van der Waals surface area contributed by atoms with Gasteiger partial charge in [0.25, 0.3) is 0 Å². The minimum Gasteiger partial charge on any atom is -0.324 e. The van der Waals surface area contributed by atoms with E-state index in [1.54, 1.807) is 0 Å². The second-order valence-electron chi connectivity index (χ2n) is 3.36. The van der Waals surface area contributed by atoms with Crippen LogP contribution < -0.4 is 5.73 Å². The van der Waals surface area contributed by atoms with Gasteiger partial charge in [-0.1, -0.05) is 27.5 Å². The van der Waals surface area contributed by atoms with E-state index in [9.17, 15) is 0 Å². The lowest BCUT2D eigenvalue weighted by Gasteiger charge is -2.04. The van der Waals surface area contributed by atoms with Crippen LogP contribution in [0.5, 0.6) is 0 Å². The van der Waals surface area contributed by atoms with E-state index in [1.807, 2.05) is 29.8 Å². The first-order valence-corrected chi connectivity index (χ1v) is 5.83. The highest BCUT2D eigenvalue weighted by Crippen LogP contribution is 2.26. The van der Waals surface area contributed by atoms with E-state index in [2.05, 4.69) is 26.1 Å². The van der Waals surface area contributed by atoms with Gasteiger partial charge in [0.05, 0.1) is 6.54 Å². The topological polar surface area (TPSA) is 56.7 Å². The average Bonchev–Trinajstić information content (AvgIpc) is 2.58. The molecule has 16 heavy (non-hydrogen) atoms. The standard InChI is InChI=1S/C10H10BrClN4/c1-16-9(5-13)14-15-10(16)6-2-7(11)4-8(12)3-6/h2-4H,5,13H2,1H3. The predicted molar refractivity (Wildman–Crippen MR) is 67.0 cm³/mol. The Morgan fingerprint density at radius 1 is 1.38 bits per heavy atom. The van der Waals surface area contributed by atoms with E-state index in [0.29, 0.717) is 11.6 Å². The molecule has 0 atom stereocenters. The molecule has 0 saturated heterocycles. The zero-order valence-corrected chi connectivity index (χ0v) is 11.0. The number of benzene rings is 1. The van der Waals surface area contributed by atoms with E-state index < -0.39 is 0 Å². The van der Waals surface area contributed by atoms with Crippen molar-refractivity contribution in [1.29, 1.82) is 0 Å². The summed E-state index contributed by atoms with van der Waals surface area (Å²) in [4.78, 5) is 0. The Morgan fingerprint density at radius 2 is 2.12 bits per heavy atom. The second-order valence-corrected chi connectivity index (χ2v) is 4.71. The van der Waals surface area contributed by atoms with Crippen molar-refractivity contribution < 1.29 is 0 Å². The van der Waals surface area contributed by atoms with Crippen molar-refractivity contribution in [3.63, 3.8) is 0 Å². The molecular formula is C10H10BrClN4. The SMILES string of the molecule is Cn1c(CN)nnc1-c1cc(Cl)cc(Br)c1. The average molecular weight is 302 g/mol. The summed E-state index contributed by atoms with van der Waals surface area (Å²) < 4.78 is 2.77. The largest absolute Gasteiger partial charge is 0.324 e. The maximum absolute atomic E-state index is 5.98. The molecule has 0 fully saturated rings. The highest BCUT2D eigenvalue weighted by atomic mass is 79.9. The van der Waals surface area contributed by atoms with Crippen LogP contribution in [0, 0.1) is 0 Å². The van der Waals surface area contributed by atoms with Crippen molar-refractivity contribution in [2.24, 2.45) is 12.8 Å². The van der Waals surface area contributed by atoms with Gasteiger partial charge in [0.1, 0.15) is 5.82 Å². The van der Waals surface area contributed by atoms with E-state index in [-0.39, 0.29) is 0 Å². The maximum atomic E-state index is 5.98. The van der Waals surface area contributed by atoms with E-state index in [4.69, 9.17) is 17.3 Å². The molecule has 1 heterocycles. The molecule has 0 bridgehead atoms. The molecule has 0 unspecified atom stereocenters. The number of aromatic nitrogens is 3. The minimum absolute atomic E-state index is 0.366. The quantitative estimate of drug-likeness (QED) is 0.926. The van der Waals surface area contributed by atoms with E-state index in [0.717, 1.165) is 21.7 Å². The molecule has 1 aromatic heterocycles. The third-order valence-electron chi connectivity index (χ3n) is 2.27. The first kappa shape index (κ1) is 11.6. The molecule has 1 aromatic carbocycles. The lowest BCUT2D eigenvalue weighted by Crippen LogP contribution is -2.05. The van der Waals surface area contributed by atoms with Gasteiger partial charge in [-0.2, -0.15) is 0 Å². The number of nitrogens with two attached hydrogens (primary N) is 1. The molecule has 2 rings (SSSR count). The number of rotatable bonds is 2. The van der Waals surface area contributed by atoms with Gasteiger partial charge in [-0.3, -0.25) is 0 Å². The molecule has 0 aliphatic heterocycles. The molecule has 6 heteroatoms. The second kappa shape index (κ2) is 4.53. The summed E-state index contributed by atoms with van der Waals surface area (Å²) in [5.74, 6) is 1.50. The number of halogens is 2. The van der Waals surface area contributed by atoms with Crippen LogP contribution in [0.25, 0.3) is 11.4 Å². The molecule has 2 N–H and O–H groups in total. The van der Waals surface area contributed by atoms with Crippen LogP contribution in [0.15, 0.2) is 22.7 Å². The maximum Gasteiger partial charge on any atom is 0.163 e. The number of hydrogen-bond acceptors (Lipinski definition) is 3. The fourth-order valence-corrected chi connectivity index (χ4v) is 2.33. The molecule has 0 saturated carbocycles. The van der Waals surface area contributed by atoms with E-state index in [1.165, 1.54) is 0 Å². The molecule has 0 spiro atoms. The molecular weight excluding hydrogens is 291 g/mol. The zero-order chi connectivity index (χ0) is 11.7. The molecule has 0 amide bonds. The van der Waals surface area contributed by atoms with Crippen molar-refractivity contribution >= 4 is 27.5 Å². The van der Waals surface area contributed by atoms with Gasteiger partial charge in [-0.15, -0.1) is 10.2 Å². The number of hydrogen-bond donors (Lipinski definition) is 1. The first-order chi connectivity index (χ1) is 7.61. The van der Waals surface area contributed by atoms with Crippen molar-refractivity contribution in [3.8, 4) is 11.4 Å². The molecule has 4 nitrogen and oxygen atoms in total. The Hall–Kier alpha value is -0.910. The Morgan fingerprint density at radius 3 is 2.69 bits per heavy atom. The number of nitrogens with zero attached hydrogens (tertiary/aromatic N) is 3. The van der Waals surface area contributed by atoms with Crippen molar-refractivity contribution in [2.75, 3.05) is 0 Å². The highest BCUT2D eigenvalue weighted by Gasteiger charge is 2.10.